The van der Waals surface area contributed by atoms with E-state index in [0.29, 0.717) is 19.8 Å². The van der Waals surface area contributed by atoms with Crippen LogP contribution in [-0.4, -0.2) is 57.3 Å². The van der Waals surface area contributed by atoms with Crippen molar-refractivity contribution in [1.29, 1.82) is 0 Å². The summed E-state index contributed by atoms with van der Waals surface area (Å²) in [7, 11) is 0. The van der Waals surface area contributed by atoms with Gasteiger partial charge in [-0.3, -0.25) is 9.98 Å². The zero-order chi connectivity index (χ0) is 35.8. The van der Waals surface area contributed by atoms with Crippen LogP contribution in [0.2, 0.25) is 0 Å². The number of aryl methyl sites for hydroxylation is 2. The van der Waals surface area contributed by atoms with Crippen LogP contribution in [0.5, 0.6) is 0 Å². The predicted octanol–water partition coefficient (Wildman–Crippen LogP) is 10.1. The van der Waals surface area contributed by atoms with Gasteiger partial charge in [0.05, 0.1) is 53.3 Å². The van der Waals surface area contributed by atoms with Crippen LogP contribution in [0.3, 0.4) is 0 Å². The van der Waals surface area contributed by atoms with Gasteiger partial charge in [0.1, 0.15) is 11.6 Å². The Morgan fingerprint density at radius 3 is 2.27 bits per heavy atom. The fourth-order valence-electron chi connectivity index (χ4n) is 8.20. The first-order chi connectivity index (χ1) is 25.6. The van der Waals surface area contributed by atoms with Gasteiger partial charge in [-0.25, -0.2) is 9.97 Å². The summed E-state index contributed by atoms with van der Waals surface area (Å²) in [5.41, 5.74) is 8.66. The molecule has 52 heavy (non-hydrogen) atoms. The Balaban J connectivity index is 1.43. The van der Waals surface area contributed by atoms with Crippen molar-refractivity contribution in [2.24, 2.45) is 9.98 Å². The molecule has 4 heterocycles. The van der Waals surface area contributed by atoms with Gasteiger partial charge in [-0.05, 0) is 44.7 Å². The molecule has 4 aromatic rings. The van der Waals surface area contributed by atoms with Crippen molar-refractivity contribution < 1.29 is 4.74 Å². The van der Waals surface area contributed by atoms with Gasteiger partial charge in [-0.15, -0.1) is 0 Å². The maximum absolute atomic E-state index is 6.47. The van der Waals surface area contributed by atoms with Crippen molar-refractivity contribution in [3.63, 3.8) is 0 Å². The Hall–Kier alpha value is -4.36. The number of aromatic nitrogens is 4. The Labute approximate surface area is 310 Å². The van der Waals surface area contributed by atoms with Gasteiger partial charge < -0.3 is 13.9 Å². The summed E-state index contributed by atoms with van der Waals surface area (Å²) in [6.45, 7) is 10.7. The maximum atomic E-state index is 6.47. The largest absolute Gasteiger partial charge is 0.381 e. The molecule has 1 aliphatic carbocycles. The number of hydrogen-bond donors (Lipinski definition) is 0. The van der Waals surface area contributed by atoms with E-state index in [-0.39, 0.29) is 6.04 Å². The number of benzene rings is 2. The molecule has 2 unspecified atom stereocenters. The molecule has 7 nitrogen and oxygen atoms in total. The van der Waals surface area contributed by atoms with Crippen molar-refractivity contribution in [3.8, 4) is 0 Å². The Morgan fingerprint density at radius 1 is 0.769 bits per heavy atom. The first-order valence-corrected chi connectivity index (χ1v) is 19.9. The molecule has 2 atom stereocenters. The van der Waals surface area contributed by atoms with Gasteiger partial charge >= 0.3 is 0 Å². The second kappa shape index (κ2) is 17.0. The molecule has 272 valence electrons. The molecule has 0 amide bonds. The van der Waals surface area contributed by atoms with E-state index in [0.717, 1.165) is 79.0 Å². The van der Waals surface area contributed by atoms with E-state index in [1.165, 1.54) is 60.7 Å². The molecule has 7 rings (SSSR count). The normalized spacial score (nSPS) is 22.2. The number of unbranched alkanes of at least 4 members (excludes halogenated alkanes) is 6. The smallest absolute Gasteiger partial charge is 0.122 e. The molecule has 0 radical (unpaired) electrons. The molecule has 0 saturated heterocycles. The number of imidazole rings is 2. The van der Waals surface area contributed by atoms with E-state index in [4.69, 9.17) is 24.7 Å². The summed E-state index contributed by atoms with van der Waals surface area (Å²) in [6, 6.07) is 13.0. The standard InChI is InChI=1S/C45H56N6O/c1-4-6-8-12-27-50-38-21-15-19-36-33-47-40-23-16-20-37-25-30-52-29-24-34(31-41(50)48-42(36)38)17-10-11-26-46-32-35-18-14-22-39-43(35)49-44(45(37,40)3)51(39)28-13-9-7-5-2/h10-11,14-23,32-33,40H,4-9,12-13,24-31H2,1-3H3/b11-10-,34-17-,46-32?,47-33?. The van der Waals surface area contributed by atoms with Crippen molar-refractivity contribution in [3.05, 3.63) is 107 Å². The Kier molecular flexibility index (Phi) is 11.8. The summed E-state index contributed by atoms with van der Waals surface area (Å²) >= 11 is 0. The van der Waals surface area contributed by atoms with E-state index in [1.54, 1.807) is 0 Å². The third-order valence-electron chi connectivity index (χ3n) is 11.2. The molecule has 7 heteroatoms. The van der Waals surface area contributed by atoms with E-state index in [9.17, 15) is 0 Å². The lowest BCUT2D eigenvalue weighted by Gasteiger charge is -2.38. The Morgan fingerprint density at radius 2 is 1.48 bits per heavy atom. The third kappa shape index (κ3) is 7.57. The van der Waals surface area contributed by atoms with Crippen molar-refractivity contribution in [2.45, 2.75) is 116 Å². The molecule has 2 aromatic heterocycles. The fraction of sp³-hybridized carbons (Fsp3) is 0.467. The highest BCUT2D eigenvalue weighted by Crippen LogP contribution is 2.43. The quantitative estimate of drug-likeness (QED) is 0.155. The average molecular weight is 697 g/mol. The van der Waals surface area contributed by atoms with E-state index in [2.05, 4.69) is 109 Å². The van der Waals surface area contributed by atoms with Crippen molar-refractivity contribution in [1.82, 2.24) is 19.1 Å². The van der Waals surface area contributed by atoms with Crippen molar-refractivity contribution >= 4 is 34.5 Å². The lowest BCUT2D eigenvalue weighted by atomic mass is 9.71. The lowest BCUT2D eigenvalue weighted by Crippen LogP contribution is -2.41. The molecule has 8 bridgehead atoms. The van der Waals surface area contributed by atoms with Gasteiger partial charge in [0.25, 0.3) is 0 Å². The minimum absolute atomic E-state index is 0.153. The molecule has 0 saturated carbocycles. The Bertz CT molecular complexity index is 2040. The summed E-state index contributed by atoms with van der Waals surface area (Å²) in [4.78, 5) is 21.3. The summed E-state index contributed by atoms with van der Waals surface area (Å²) in [5, 5.41) is 0. The number of para-hydroxylation sites is 2. The third-order valence-corrected chi connectivity index (χ3v) is 11.2. The predicted molar refractivity (Wildman–Crippen MR) is 217 cm³/mol. The number of rotatable bonds is 10. The summed E-state index contributed by atoms with van der Waals surface area (Å²) in [5.74, 6) is 2.19. The number of hydrogen-bond acceptors (Lipinski definition) is 5. The zero-order valence-corrected chi connectivity index (χ0v) is 31.6. The van der Waals surface area contributed by atoms with Crippen LogP contribution < -0.4 is 0 Å². The summed E-state index contributed by atoms with van der Waals surface area (Å²) < 4.78 is 11.4. The number of nitrogens with zero attached hydrogens (tertiary/aromatic N) is 6. The topological polar surface area (TPSA) is 69.6 Å². The number of ether oxygens (including phenoxy) is 1. The fourth-order valence-corrected chi connectivity index (χ4v) is 8.20. The second-order valence-electron chi connectivity index (χ2n) is 14.9. The second-order valence-corrected chi connectivity index (χ2v) is 14.9. The molecule has 0 N–H and O–H groups in total. The molecular formula is C45H56N6O. The molecule has 0 fully saturated rings. The van der Waals surface area contributed by atoms with Gasteiger partial charge in [-0.1, -0.05) is 124 Å². The monoisotopic (exact) mass is 696 g/mol. The molecule has 0 spiro atoms. The van der Waals surface area contributed by atoms with Crippen LogP contribution in [0.1, 0.15) is 108 Å². The van der Waals surface area contributed by atoms with Crippen LogP contribution >= 0.6 is 0 Å². The van der Waals surface area contributed by atoms with Gasteiger partial charge in [0.15, 0.2) is 0 Å². The van der Waals surface area contributed by atoms with Crippen molar-refractivity contribution in [2.75, 3.05) is 19.8 Å². The maximum Gasteiger partial charge on any atom is 0.122 e. The van der Waals surface area contributed by atoms with E-state index in [1.807, 2.05) is 6.21 Å². The SMILES string of the molecule is CCCCCCn1c2nc3c(cccc31)C=NC1C=CC=C3CCOCC/C(=C/C=C\CN=Cc4cccc5c4nc(n5CCCCCC)C31C)C2. The van der Waals surface area contributed by atoms with E-state index >= 15 is 0 Å². The molecular weight excluding hydrogens is 641 g/mol. The van der Waals surface area contributed by atoms with Crippen LogP contribution in [-0.2, 0) is 29.7 Å². The minimum atomic E-state index is -0.485. The number of allylic oxidation sites excluding steroid dienone is 4. The van der Waals surface area contributed by atoms with Gasteiger partial charge in [0, 0.05) is 43.1 Å². The first kappa shape index (κ1) is 36.0. The van der Waals surface area contributed by atoms with Crippen LogP contribution in [0.15, 0.2) is 94.0 Å². The van der Waals surface area contributed by atoms with Crippen LogP contribution in [0.4, 0.5) is 0 Å². The molecule has 2 aromatic carbocycles. The molecule has 3 aliphatic rings. The first-order valence-electron chi connectivity index (χ1n) is 19.9. The van der Waals surface area contributed by atoms with Gasteiger partial charge in [-0.2, -0.15) is 0 Å². The highest BCUT2D eigenvalue weighted by Gasteiger charge is 2.43. The highest BCUT2D eigenvalue weighted by molar-refractivity contribution is 5.98. The number of aliphatic imine (C=N–C) groups is 2. The lowest BCUT2D eigenvalue weighted by molar-refractivity contribution is 0.137. The van der Waals surface area contributed by atoms with Gasteiger partial charge in [0.2, 0.25) is 0 Å². The number of fused-ring (bicyclic) bond motifs is 7. The minimum Gasteiger partial charge on any atom is -0.381 e. The van der Waals surface area contributed by atoms with Crippen LogP contribution in [0.25, 0.3) is 22.1 Å². The summed E-state index contributed by atoms with van der Waals surface area (Å²) in [6.07, 6.45) is 29.5. The zero-order valence-electron chi connectivity index (χ0n) is 31.6. The van der Waals surface area contributed by atoms with E-state index < -0.39 is 5.41 Å². The van der Waals surface area contributed by atoms with Crippen LogP contribution in [0, 0.1) is 0 Å². The molecule has 2 aliphatic heterocycles. The highest BCUT2D eigenvalue weighted by atomic mass is 16.5. The average Bonchev–Trinajstić information content (AvgIpc) is 3.71.